The smallest absolute Gasteiger partial charge is 0.293 e. The van der Waals surface area contributed by atoms with Crippen molar-refractivity contribution < 1.29 is 13.7 Å². The molecule has 1 aliphatic rings. The summed E-state index contributed by atoms with van der Waals surface area (Å²) < 4.78 is 10.7. The van der Waals surface area contributed by atoms with Crippen LogP contribution in [0.4, 0.5) is 5.95 Å². The summed E-state index contributed by atoms with van der Waals surface area (Å²) in [4.78, 5) is 17.5. The molecule has 2 heterocycles. The highest BCUT2D eigenvalue weighted by atomic mass is 32.2. The zero-order valence-corrected chi connectivity index (χ0v) is 13.6. The van der Waals surface area contributed by atoms with Crippen LogP contribution in [0.15, 0.2) is 56.3 Å². The molecule has 122 valence electrons. The molecule has 1 aliphatic carbocycles. The van der Waals surface area contributed by atoms with Crippen molar-refractivity contribution in [1.82, 2.24) is 10.1 Å². The number of nitrogens with zero attached hydrogens (tertiary/aromatic N) is 2. The van der Waals surface area contributed by atoms with E-state index < -0.39 is 0 Å². The average Bonchev–Trinajstić information content (AvgIpc) is 3.17. The maximum atomic E-state index is 12.2. The Bertz CT molecular complexity index is 840. The van der Waals surface area contributed by atoms with Crippen LogP contribution in [0, 0.1) is 0 Å². The fourth-order valence-corrected chi connectivity index (χ4v) is 3.01. The minimum atomic E-state index is -0.380. The third-order valence-electron chi connectivity index (χ3n) is 3.60. The fourth-order valence-electron chi connectivity index (χ4n) is 2.19. The van der Waals surface area contributed by atoms with E-state index in [4.69, 9.17) is 8.94 Å². The third kappa shape index (κ3) is 3.51. The summed E-state index contributed by atoms with van der Waals surface area (Å²) in [5.41, 5.74) is 0. The number of anilines is 1. The van der Waals surface area contributed by atoms with Crippen molar-refractivity contribution in [3.63, 3.8) is 0 Å². The maximum absolute atomic E-state index is 12.2. The lowest BCUT2D eigenvalue weighted by molar-refractivity contribution is 0.0994. The minimum absolute atomic E-state index is 0.179. The van der Waals surface area contributed by atoms with Crippen molar-refractivity contribution >= 4 is 23.6 Å². The summed E-state index contributed by atoms with van der Waals surface area (Å²) in [6.07, 6.45) is 2.13. The van der Waals surface area contributed by atoms with Crippen LogP contribution in [0.1, 0.15) is 41.0 Å². The lowest BCUT2D eigenvalue weighted by Crippen LogP contribution is -2.12. The molecule has 0 atom stereocenters. The van der Waals surface area contributed by atoms with Crippen LogP contribution < -0.4 is 5.32 Å². The number of rotatable bonds is 6. The number of amides is 1. The predicted molar refractivity (Wildman–Crippen MR) is 88.9 cm³/mol. The first-order chi connectivity index (χ1) is 11.8. The summed E-state index contributed by atoms with van der Waals surface area (Å²) in [6, 6.07) is 13.5. The van der Waals surface area contributed by atoms with Crippen LogP contribution in [0.3, 0.4) is 0 Å². The summed E-state index contributed by atoms with van der Waals surface area (Å²) >= 11 is 1.65. The molecule has 7 heteroatoms. The van der Waals surface area contributed by atoms with E-state index in [1.165, 1.54) is 0 Å². The van der Waals surface area contributed by atoms with Crippen LogP contribution in [0.25, 0.3) is 0 Å². The second-order valence-corrected chi connectivity index (χ2v) is 6.60. The topological polar surface area (TPSA) is 81.2 Å². The van der Waals surface area contributed by atoms with Gasteiger partial charge in [0.05, 0.1) is 5.75 Å². The first-order valence-electron chi connectivity index (χ1n) is 7.69. The number of nitrogens with one attached hydrogen (secondary N) is 1. The molecule has 3 aromatic rings. The van der Waals surface area contributed by atoms with Gasteiger partial charge in [0.15, 0.2) is 5.76 Å². The number of benzene rings is 1. The molecule has 1 saturated carbocycles. The van der Waals surface area contributed by atoms with E-state index in [0.29, 0.717) is 17.6 Å². The Hall–Kier alpha value is -2.54. The summed E-state index contributed by atoms with van der Waals surface area (Å²) in [7, 11) is 0. The molecule has 2 aromatic heterocycles. The molecule has 0 saturated heterocycles. The van der Waals surface area contributed by atoms with Crippen LogP contribution in [0.2, 0.25) is 0 Å². The SMILES string of the molecule is O=C(Nc1noc(C2CC2)n1)c1ccc(CSc2ccccc2)o1. The van der Waals surface area contributed by atoms with Gasteiger partial charge in [0.2, 0.25) is 5.89 Å². The second-order valence-electron chi connectivity index (χ2n) is 5.55. The van der Waals surface area contributed by atoms with Gasteiger partial charge in [-0.15, -0.1) is 11.8 Å². The highest BCUT2D eigenvalue weighted by molar-refractivity contribution is 7.98. The molecule has 0 unspecified atom stereocenters. The standard InChI is InChI=1S/C17H15N3O3S/c21-15(18-17-19-16(23-20-17)11-6-7-11)14-9-8-12(22-14)10-24-13-4-2-1-3-5-13/h1-5,8-9,11H,6-7,10H2,(H,18,20,21). The molecular formula is C17H15N3O3S. The van der Waals surface area contributed by atoms with E-state index in [9.17, 15) is 4.79 Å². The highest BCUT2D eigenvalue weighted by Crippen LogP contribution is 2.39. The quantitative estimate of drug-likeness (QED) is 0.680. The number of hydrogen-bond donors (Lipinski definition) is 1. The molecule has 24 heavy (non-hydrogen) atoms. The first kappa shape index (κ1) is 15.0. The third-order valence-corrected chi connectivity index (χ3v) is 4.64. The first-order valence-corrected chi connectivity index (χ1v) is 8.68. The van der Waals surface area contributed by atoms with Gasteiger partial charge in [-0.1, -0.05) is 18.2 Å². The van der Waals surface area contributed by atoms with Gasteiger partial charge < -0.3 is 8.94 Å². The van der Waals surface area contributed by atoms with Crippen molar-refractivity contribution in [2.75, 3.05) is 5.32 Å². The molecular weight excluding hydrogens is 326 g/mol. The van der Waals surface area contributed by atoms with Gasteiger partial charge in [-0.05, 0) is 42.3 Å². The molecule has 6 nitrogen and oxygen atoms in total. The van der Waals surface area contributed by atoms with Crippen molar-refractivity contribution in [3.05, 3.63) is 59.9 Å². The Kier molecular flexibility index (Phi) is 4.08. The van der Waals surface area contributed by atoms with Crippen molar-refractivity contribution in [2.45, 2.75) is 29.4 Å². The summed E-state index contributed by atoms with van der Waals surface area (Å²) in [5, 5.41) is 6.35. The lowest BCUT2D eigenvalue weighted by atomic mass is 10.4. The Labute approximate surface area is 142 Å². The van der Waals surface area contributed by atoms with E-state index in [1.54, 1.807) is 23.9 Å². The summed E-state index contributed by atoms with van der Waals surface area (Å²) in [5.74, 6) is 2.37. The molecule has 1 fully saturated rings. The largest absolute Gasteiger partial charge is 0.455 e. The number of carbonyl (C=O) groups excluding carboxylic acids is 1. The molecule has 1 aromatic carbocycles. The zero-order valence-electron chi connectivity index (χ0n) is 12.8. The number of carbonyl (C=O) groups is 1. The van der Waals surface area contributed by atoms with Crippen LogP contribution >= 0.6 is 11.8 Å². The van der Waals surface area contributed by atoms with Gasteiger partial charge in [0.1, 0.15) is 5.76 Å². The van der Waals surface area contributed by atoms with E-state index in [1.807, 2.05) is 30.3 Å². The molecule has 0 bridgehead atoms. The second kappa shape index (κ2) is 6.52. The van der Waals surface area contributed by atoms with Crippen LogP contribution in [0.5, 0.6) is 0 Å². The molecule has 0 aliphatic heterocycles. The number of thioether (sulfide) groups is 1. The van der Waals surface area contributed by atoms with Gasteiger partial charge in [-0.25, -0.2) is 0 Å². The van der Waals surface area contributed by atoms with E-state index >= 15 is 0 Å². The molecule has 1 N–H and O–H groups in total. The van der Waals surface area contributed by atoms with Crippen LogP contribution in [-0.2, 0) is 5.75 Å². The molecule has 0 spiro atoms. The fraction of sp³-hybridized carbons (Fsp3) is 0.235. The monoisotopic (exact) mass is 341 g/mol. The molecule has 0 radical (unpaired) electrons. The van der Waals surface area contributed by atoms with Gasteiger partial charge in [0.25, 0.3) is 11.9 Å². The molecule has 1 amide bonds. The van der Waals surface area contributed by atoms with Gasteiger partial charge in [0, 0.05) is 10.8 Å². The van der Waals surface area contributed by atoms with Gasteiger partial charge >= 0.3 is 0 Å². The number of hydrogen-bond acceptors (Lipinski definition) is 6. The lowest BCUT2D eigenvalue weighted by Gasteiger charge is -1.99. The Morgan fingerprint density at radius 1 is 1.21 bits per heavy atom. The van der Waals surface area contributed by atoms with E-state index in [2.05, 4.69) is 15.5 Å². The predicted octanol–water partition coefficient (Wildman–Crippen LogP) is 4.08. The Morgan fingerprint density at radius 2 is 2.04 bits per heavy atom. The number of furan rings is 1. The molecule has 4 rings (SSSR count). The van der Waals surface area contributed by atoms with Crippen molar-refractivity contribution in [1.29, 1.82) is 0 Å². The van der Waals surface area contributed by atoms with E-state index in [0.717, 1.165) is 23.5 Å². The maximum Gasteiger partial charge on any atom is 0.293 e. The normalized spacial score (nSPS) is 13.8. The Balaban J connectivity index is 1.35. The minimum Gasteiger partial charge on any atom is -0.455 e. The van der Waals surface area contributed by atoms with Gasteiger partial charge in [-0.3, -0.25) is 10.1 Å². The van der Waals surface area contributed by atoms with Crippen molar-refractivity contribution in [3.8, 4) is 0 Å². The zero-order chi connectivity index (χ0) is 16.4. The highest BCUT2D eigenvalue weighted by Gasteiger charge is 2.30. The van der Waals surface area contributed by atoms with E-state index in [-0.39, 0.29) is 17.6 Å². The summed E-state index contributed by atoms with van der Waals surface area (Å²) in [6.45, 7) is 0. The average molecular weight is 341 g/mol. The number of aromatic nitrogens is 2. The van der Waals surface area contributed by atoms with Crippen LogP contribution in [-0.4, -0.2) is 16.0 Å². The van der Waals surface area contributed by atoms with Gasteiger partial charge in [-0.2, -0.15) is 4.98 Å². The van der Waals surface area contributed by atoms with Crippen molar-refractivity contribution in [2.24, 2.45) is 0 Å². The Morgan fingerprint density at radius 3 is 2.83 bits per heavy atom.